The molecule has 0 spiro atoms. The van der Waals surface area contributed by atoms with Gasteiger partial charge in [0.05, 0.1) is 16.3 Å². The first-order valence-corrected chi connectivity index (χ1v) is 5.82. The van der Waals surface area contributed by atoms with Crippen molar-refractivity contribution in [3.63, 3.8) is 0 Å². The molecule has 0 aliphatic rings. The van der Waals surface area contributed by atoms with E-state index >= 15 is 0 Å². The third-order valence-electron chi connectivity index (χ3n) is 2.12. The average molecular weight is 243 g/mol. The fourth-order valence-corrected chi connectivity index (χ4v) is 2.62. The molecule has 1 atom stereocenters. The van der Waals surface area contributed by atoms with Crippen LogP contribution in [-0.4, -0.2) is 16.7 Å². The summed E-state index contributed by atoms with van der Waals surface area (Å²) in [7, 11) is 0. The zero-order valence-electron chi connectivity index (χ0n) is 7.98. The molecule has 0 aliphatic heterocycles. The van der Waals surface area contributed by atoms with Gasteiger partial charge >= 0.3 is 0 Å². The number of fused-ring (bicyclic) bond motifs is 1. The Morgan fingerprint density at radius 1 is 1.53 bits per heavy atom. The standard InChI is InChI=1S/C10H11ClN2OS/c11-6-1-2-8-9(5-6)15-10(13-8)7(12)3-4-14/h1-2,5,7,14H,3-4,12H2. The van der Waals surface area contributed by atoms with Crippen molar-refractivity contribution in [3.8, 4) is 0 Å². The van der Waals surface area contributed by atoms with Gasteiger partial charge in [0.1, 0.15) is 5.01 Å². The van der Waals surface area contributed by atoms with E-state index in [0.717, 1.165) is 15.2 Å². The molecule has 0 radical (unpaired) electrons. The SMILES string of the molecule is NC(CCO)c1nc2ccc(Cl)cc2s1. The summed E-state index contributed by atoms with van der Waals surface area (Å²) in [5, 5.41) is 10.3. The minimum Gasteiger partial charge on any atom is -0.396 e. The van der Waals surface area contributed by atoms with E-state index in [9.17, 15) is 0 Å². The third-order valence-corrected chi connectivity index (χ3v) is 3.51. The van der Waals surface area contributed by atoms with E-state index in [4.69, 9.17) is 22.4 Å². The van der Waals surface area contributed by atoms with Crippen LogP contribution in [0, 0.1) is 0 Å². The van der Waals surface area contributed by atoms with E-state index in [1.807, 2.05) is 18.2 Å². The Hall–Kier alpha value is -0.680. The molecule has 15 heavy (non-hydrogen) atoms. The number of aromatic nitrogens is 1. The number of thiazole rings is 1. The molecule has 1 aromatic carbocycles. The fraction of sp³-hybridized carbons (Fsp3) is 0.300. The molecule has 80 valence electrons. The Labute approximate surface area is 96.5 Å². The second kappa shape index (κ2) is 4.45. The lowest BCUT2D eigenvalue weighted by Gasteiger charge is -2.03. The lowest BCUT2D eigenvalue weighted by atomic mass is 10.2. The van der Waals surface area contributed by atoms with Gasteiger partial charge in [-0.05, 0) is 24.6 Å². The van der Waals surface area contributed by atoms with Gasteiger partial charge in [-0.1, -0.05) is 11.6 Å². The Kier molecular flexibility index (Phi) is 3.21. The van der Waals surface area contributed by atoms with Crippen molar-refractivity contribution in [2.75, 3.05) is 6.61 Å². The van der Waals surface area contributed by atoms with Crippen molar-refractivity contribution in [2.24, 2.45) is 5.73 Å². The van der Waals surface area contributed by atoms with Gasteiger partial charge in [-0.15, -0.1) is 11.3 Å². The van der Waals surface area contributed by atoms with Gasteiger partial charge in [0.25, 0.3) is 0 Å². The van der Waals surface area contributed by atoms with Gasteiger partial charge < -0.3 is 10.8 Å². The van der Waals surface area contributed by atoms with Crippen LogP contribution in [0.2, 0.25) is 5.02 Å². The van der Waals surface area contributed by atoms with Gasteiger partial charge in [0.2, 0.25) is 0 Å². The highest BCUT2D eigenvalue weighted by atomic mass is 35.5. The van der Waals surface area contributed by atoms with Gasteiger partial charge in [0, 0.05) is 11.6 Å². The van der Waals surface area contributed by atoms with E-state index in [1.165, 1.54) is 11.3 Å². The number of hydrogen-bond donors (Lipinski definition) is 2. The van der Waals surface area contributed by atoms with Crippen LogP contribution in [0.3, 0.4) is 0 Å². The number of halogens is 1. The summed E-state index contributed by atoms with van der Waals surface area (Å²) >= 11 is 7.40. The molecule has 0 saturated carbocycles. The summed E-state index contributed by atoms with van der Waals surface area (Å²) in [4.78, 5) is 4.40. The number of hydrogen-bond acceptors (Lipinski definition) is 4. The van der Waals surface area contributed by atoms with Gasteiger partial charge in [-0.2, -0.15) is 0 Å². The number of aliphatic hydroxyl groups excluding tert-OH is 1. The maximum Gasteiger partial charge on any atom is 0.111 e. The molecule has 2 rings (SSSR count). The highest BCUT2D eigenvalue weighted by Gasteiger charge is 2.11. The first kappa shape index (κ1) is 10.8. The summed E-state index contributed by atoms with van der Waals surface area (Å²) in [6.45, 7) is 0.0812. The van der Waals surface area contributed by atoms with Crippen LogP contribution in [0.25, 0.3) is 10.2 Å². The Bertz CT molecular complexity index is 471. The van der Waals surface area contributed by atoms with Crippen molar-refractivity contribution in [2.45, 2.75) is 12.5 Å². The van der Waals surface area contributed by atoms with Crippen LogP contribution < -0.4 is 5.73 Å². The quantitative estimate of drug-likeness (QED) is 0.869. The molecule has 0 aliphatic carbocycles. The smallest absolute Gasteiger partial charge is 0.111 e. The van der Waals surface area contributed by atoms with Crippen LogP contribution in [-0.2, 0) is 0 Å². The van der Waals surface area contributed by atoms with Crippen molar-refractivity contribution in [1.82, 2.24) is 4.98 Å². The molecule has 3 N–H and O–H groups in total. The van der Waals surface area contributed by atoms with Crippen LogP contribution in [0.15, 0.2) is 18.2 Å². The van der Waals surface area contributed by atoms with Crippen LogP contribution in [0.1, 0.15) is 17.5 Å². The molecule has 2 aromatic rings. The Balaban J connectivity index is 2.38. The molecule has 0 bridgehead atoms. The van der Waals surface area contributed by atoms with Crippen molar-refractivity contribution in [3.05, 3.63) is 28.2 Å². The number of nitrogens with two attached hydrogens (primary N) is 1. The van der Waals surface area contributed by atoms with E-state index in [1.54, 1.807) is 0 Å². The van der Waals surface area contributed by atoms with Crippen LogP contribution >= 0.6 is 22.9 Å². The van der Waals surface area contributed by atoms with Crippen molar-refractivity contribution in [1.29, 1.82) is 0 Å². The Morgan fingerprint density at radius 2 is 2.33 bits per heavy atom. The minimum absolute atomic E-state index is 0.0812. The van der Waals surface area contributed by atoms with E-state index in [-0.39, 0.29) is 12.6 Å². The molecule has 0 fully saturated rings. The summed E-state index contributed by atoms with van der Waals surface area (Å²) in [6, 6.07) is 5.38. The van der Waals surface area contributed by atoms with Crippen molar-refractivity contribution >= 4 is 33.2 Å². The lowest BCUT2D eigenvalue weighted by molar-refractivity contribution is 0.276. The maximum atomic E-state index is 8.79. The fourth-order valence-electron chi connectivity index (χ4n) is 1.34. The molecule has 5 heteroatoms. The largest absolute Gasteiger partial charge is 0.396 e. The first-order chi connectivity index (χ1) is 7.20. The van der Waals surface area contributed by atoms with Crippen LogP contribution in [0.4, 0.5) is 0 Å². The molecule has 1 aromatic heterocycles. The molecule has 0 saturated heterocycles. The highest BCUT2D eigenvalue weighted by molar-refractivity contribution is 7.18. The second-order valence-corrected chi connectivity index (χ2v) is 4.78. The minimum atomic E-state index is -0.189. The summed E-state index contributed by atoms with van der Waals surface area (Å²) < 4.78 is 1.03. The second-order valence-electron chi connectivity index (χ2n) is 3.28. The number of rotatable bonds is 3. The Morgan fingerprint density at radius 3 is 3.07 bits per heavy atom. The first-order valence-electron chi connectivity index (χ1n) is 4.63. The molecule has 3 nitrogen and oxygen atoms in total. The monoisotopic (exact) mass is 242 g/mol. The summed E-state index contributed by atoms with van der Waals surface area (Å²) in [6.07, 6.45) is 0.535. The van der Waals surface area contributed by atoms with Gasteiger partial charge in [-0.25, -0.2) is 4.98 Å². The molecular weight excluding hydrogens is 232 g/mol. The van der Waals surface area contributed by atoms with E-state index in [0.29, 0.717) is 11.4 Å². The van der Waals surface area contributed by atoms with E-state index < -0.39 is 0 Å². The van der Waals surface area contributed by atoms with Crippen molar-refractivity contribution < 1.29 is 5.11 Å². The zero-order chi connectivity index (χ0) is 10.8. The summed E-state index contributed by atoms with van der Waals surface area (Å²) in [5.74, 6) is 0. The molecule has 1 unspecified atom stereocenters. The summed E-state index contributed by atoms with van der Waals surface area (Å²) in [5.41, 5.74) is 6.77. The van der Waals surface area contributed by atoms with Crippen LogP contribution in [0.5, 0.6) is 0 Å². The highest BCUT2D eigenvalue weighted by Crippen LogP contribution is 2.28. The number of aliphatic hydroxyl groups is 1. The number of benzene rings is 1. The molecule has 0 amide bonds. The zero-order valence-corrected chi connectivity index (χ0v) is 9.55. The molecular formula is C10H11ClN2OS. The lowest BCUT2D eigenvalue weighted by Crippen LogP contribution is -2.11. The predicted octanol–water partition coefficient (Wildman–Crippen LogP) is 2.33. The normalized spacial score (nSPS) is 13.3. The number of nitrogens with zero attached hydrogens (tertiary/aromatic N) is 1. The van der Waals surface area contributed by atoms with Gasteiger partial charge in [-0.3, -0.25) is 0 Å². The predicted molar refractivity (Wildman–Crippen MR) is 63.3 cm³/mol. The topological polar surface area (TPSA) is 59.1 Å². The third kappa shape index (κ3) is 2.29. The molecule has 1 heterocycles. The van der Waals surface area contributed by atoms with Gasteiger partial charge in [0.15, 0.2) is 0 Å². The average Bonchev–Trinajstić information content (AvgIpc) is 2.60. The van der Waals surface area contributed by atoms with E-state index in [2.05, 4.69) is 4.98 Å². The maximum absolute atomic E-state index is 8.79.